The van der Waals surface area contributed by atoms with Crippen LogP contribution in [0.5, 0.6) is 11.5 Å². The number of esters is 2. The monoisotopic (exact) mass is 556 g/mol. The molecular weight excluding hydrogens is 512 g/mol. The predicted molar refractivity (Wildman–Crippen MR) is 153 cm³/mol. The van der Waals surface area contributed by atoms with E-state index >= 15 is 0 Å². The Balaban J connectivity index is 1.55. The first-order valence-corrected chi connectivity index (χ1v) is 14.0. The molecule has 2 rings (SSSR count). The molecule has 0 spiro atoms. The van der Waals surface area contributed by atoms with Crippen LogP contribution in [0, 0.1) is 0 Å². The van der Waals surface area contributed by atoms with E-state index < -0.39 is 6.10 Å². The van der Waals surface area contributed by atoms with Crippen LogP contribution in [0.15, 0.2) is 66.7 Å². The number of ether oxygens (including phenoxy) is 6. The van der Waals surface area contributed by atoms with Crippen molar-refractivity contribution >= 4 is 11.9 Å². The SMILES string of the molecule is C=C(C)C(=O)OCCCCCCC(=O)OC(COCCCCOCCOc1cccc(OC)c1)c1ccccc1. The normalized spacial score (nSPS) is 11.4. The second kappa shape index (κ2) is 20.5. The predicted octanol–water partition coefficient (Wildman–Crippen LogP) is 6.24. The standard InChI is InChI=1S/C32H44O8/c1-26(2)32(34)39-21-10-5-4-9-18-31(33)40-30(27-14-7-6-8-15-27)25-37-20-12-11-19-36-22-23-38-29-17-13-16-28(24-29)35-3/h6-8,13-17,24,30H,1,4-5,9-12,18-23,25H2,2-3H3. The summed E-state index contributed by atoms with van der Waals surface area (Å²) in [7, 11) is 1.63. The summed E-state index contributed by atoms with van der Waals surface area (Å²) in [6.07, 6.45) is 4.82. The highest BCUT2D eigenvalue weighted by Gasteiger charge is 2.17. The second-order valence-electron chi connectivity index (χ2n) is 9.39. The van der Waals surface area contributed by atoms with Gasteiger partial charge in [0.1, 0.15) is 18.1 Å². The van der Waals surface area contributed by atoms with Gasteiger partial charge in [-0.3, -0.25) is 4.79 Å². The van der Waals surface area contributed by atoms with Gasteiger partial charge in [0.2, 0.25) is 0 Å². The van der Waals surface area contributed by atoms with Crippen LogP contribution in [0.2, 0.25) is 0 Å². The number of methoxy groups -OCH3 is 1. The summed E-state index contributed by atoms with van der Waals surface area (Å²) in [5, 5.41) is 0. The largest absolute Gasteiger partial charge is 0.497 e. The van der Waals surface area contributed by atoms with Crippen molar-refractivity contribution in [3.63, 3.8) is 0 Å². The van der Waals surface area contributed by atoms with Gasteiger partial charge in [-0.2, -0.15) is 0 Å². The van der Waals surface area contributed by atoms with Crippen molar-refractivity contribution in [1.82, 2.24) is 0 Å². The number of unbranched alkanes of at least 4 members (excludes halogenated alkanes) is 4. The maximum absolute atomic E-state index is 12.5. The molecule has 2 aromatic carbocycles. The molecule has 0 aromatic heterocycles. The van der Waals surface area contributed by atoms with E-state index in [0.29, 0.717) is 51.6 Å². The Morgan fingerprint density at radius 2 is 1.48 bits per heavy atom. The summed E-state index contributed by atoms with van der Waals surface area (Å²) in [5.74, 6) is 0.910. The zero-order valence-electron chi connectivity index (χ0n) is 23.9. The van der Waals surface area contributed by atoms with E-state index in [4.69, 9.17) is 28.4 Å². The van der Waals surface area contributed by atoms with Crippen molar-refractivity contribution in [2.45, 2.75) is 58.0 Å². The van der Waals surface area contributed by atoms with Gasteiger partial charge in [0.05, 0.1) is 26.9 Å². The molecule has 1 unspecified atom stereocenters. The lowest BCUT2D eigenvalue weighted by molar-refractivity contribution is -0.153. The van der Waals surface area contributed by atoms with Gasteiger partial charge < -0.3 is 28.4 Å². The van der Waals surface area contributed by atoms with E-state index in [1.165, 1.54) is 0 Å². The van der Waals surface area contributed by atoms with Gasteiger partial charge in [-0.05, 0) is 50.3 Å². The molecule has 0 bridgehead atoms. The van der Waals surface area contributed by atoms with Crippen LogP contribution in [-0.4, -0.2) is 58.7 Å². The van der Waals surface area contributed by atoms with Crippen molar-refractivity contribution in [3.05, 3.63) is 72.3 Å². The van der Waals surface area contributed by atoms with Crippen LogP contribution in [0.1, 0.15) is 63.5 Å². The van der Waals surface area contributed by atoms with Gasteiger partial charge in [-0.1, -0.05) is 55.8 Å². The Hall–Kier alpha value is -3.36. The molecule has 0 radical (unpaired) electrons. The number of carbonyl (C=O) groups is 2. The molecule has 0 amide bonds. The van der Waals surface area contributed by atoms with Crippen LogP contribution < -0.4 is 9.47 Å². The fourth-order valence-electron chi connectivity index (χ4n) is 3.71. The minimum Gasteiger partial charge on any atom is -0.497 e. The van der Waals surface area contributed by atoms with E-state index in [2.05, 4.69) is 6.58 Å². The Kier molecular flexibility index (Phi) is 16.9. The number of hydrogen-bond donors (Lipinski definition) is 0. The van der Waals surface area contributed by atoms with Crippen molar-refractivity contribution in [2.75, 3.05) is 46.8 Å². The van der Waals surface area contributed by atoms with Gasteiger partial charge in [0, 0.05) is 31.3 Å². The Bertz CT molecular complexity index is 991. The van der Waals surface area contributed by atoms with Gasteiger partial charge in [-0.15, -0.1) is 0 Å². The Labute approximate surface area is 238 Å². The molecule has 2 aromatic rings. The van der Waals surface area contributed by atoms with Crippen molar-refractivity contribution < 1.29 is 38.0 Å². The quantitative estimate of drug-likeness (QED) is 0.0956. The molecular formula is C32H44O8. The summed E-state index contributed by atoms with van der Waals surface area (Å²) < 4.78 is 33.2. The molecule has 40 heavy (non-hydrogen) atoms. The average Bonchev–Trinajstić information content (AvgIpc) is 2.97. The number of hydrogen-bond acceptors (Lipinski definition) is 8. The summed E-state index contributed by atoms with van der Waals surface area (Å²) in [4.78, 5) is 23.8. The minimum atomic E-state index is -0.444. The van der Waals surface area contributed by atoms with Crippen LogP contribution in [0.25, 0.3) is 0 Å². The molecule has 0 aliphatic heterocycles. The smallest absolute Gasteiger partial charge is 0.333 e. The maximum Gasteiger partial charge on any atom is 0.333 e. The Morgan fingerprint density at radius 1 is 0.775 bits per heavy atom. The van der Waals surface area contributed by atoms with Crippen LogP contribution >= 0.6 is 0 Å². The average molecular weight is 557 g/mol. The maximum atomic E-state index is 12.5. The van der Waals surface area contributed by atoms with Crippen molar-refractivity contribution in [1.29, 1.82) is 0 Å². The van der Waals surface area contributed by atoms with E-state index in [1.807, 2.05) is 54.6 Å². The second-order valence-corrected chi connectivity index (χ2v) is 9.39. The highest BCUT2D eigenvalue weighted by atomic mass is 16.6. The molecule has 220 valence electrons. The molecule has 0 N–H and O–H groups in total. The summed E-state index contributed by atoms with van der Waals surface area (Å²) in [6.45, 7) is 8.01. The first-order chi connectivity index (χ1) is 19.5. The van der Waals surface area contributed by atoms with Crippen molar-refractivity contribution in [2.24, 2.45) is 0 Å². The molecule has 1 atom stereocenters. The molecule has 0 saturated carbocycles. The Morgan fingerprint density at radius 3 is 2.23 bits per heavy atom. The summed E-state index contributed by atoms with van der Waals surface area (Å²) in [5.41, 5.74) is 1.31. The van der Waals surface area contributed by atoms with Crippen LogP contribution in [-0.2, 0) is 28.5 Å². The lowest BCUT2D eigenvalue weighted by Crippen LogP contribution is -2.17. The zero-order chi connectivity index (χ0) is 28.8. The van der Waals surface area contributed by atoms with Gasteiger partial charge in [0.25, 0.3) is 0 Å². The molecule has 0 saturated heterocycles. The fourth-order valence-corrected chi connectivity index (χ4v) is 3.71. The number of rotatable bonds is 22. The van der Waals surface area contributed by atoms with E-state index in [0.717, 1.165) is 55.6 Å². The molecule has 0 aliphatic rings. The van der Waals surface area contributed by atoms with E-state index in [1.54, 1.807) is 14.0 Å². The highest BCUT2D eigenvalue weighted by molar-refractivity contribution is 5.86. The van der Waals surface area contributed by atoms with Gasteiger partial charge in [-0.25, -0.2) is 4.79 Å². The lowest BCUT2D eigenvalue weighted by Gasteiger charge is -2.18. The molecule has 8 heteroatoms. The summed E-state index contributed by atoms with van der Waals surface area (Å²) >= 11 is 0. The number of benzene rings is 2. The molecule has 0 aliphatic carbocycles. The minimum absolute atomic E-state index is 0.240. The first kappa shape index (κ1) is 32.8. The van der Waals surface area contributed by atoms with Crippen molar-refractivity contribution in [3.8, 4) is 11.5 Å². The third-order valence-electron chi connectivity index (χ3n) is 5.94. The van der Waals surface area contributed by atoms with Gasteiger partial charge >= 0.3 is 11.9 Å². The zero-order valence-corrected chi connectivity index (χ0v) is 23.9. The lowest BCUT2D eigenvalue weighted by atomic mass is 10.1. The number of carbonyl (C=O) groups excluding carboxylic acids is 2. The molecule has 8 nitrogen and oxygen atoms in total. The highest BCUT2D eigenvalue weighted by Crippen LogP contribution is 2.20. The van der Waals surface area contributed by atoms with Crippen LogP contribution in [0.3, 0.4) is 0 Å². The molecule has 0 heterocycles. The van der Waals surface area contributed by atoms with E-state index in [9.17, 15) is 9.59 Å². The van der Waals surface area contributed by atoms with Crippen LogP contribution in [0.4, 0.5) is 0 Å². The third-order valence-corrected chi connectivity index (χ3v) is 5.94. The van der Waals surface area contributed by atoms with E-state index in [-0.39, 0.29) is 11.9 Å². The fraction of sp³-hybridized carbons (Fsp3) is 0.500. The first-order valence-electron chi connectivity index (χ1n) is 14.0. The summed E-state index contributed by atoms with van der Waals surface area (Å²) in [6, 6.07) is 17.1. The van der Waals surface area contributed by atoms with Gasteiger partial charge in [0.15, 0.2) is 6.10 Å². The topological polar surface area (TPSA) is 89.5 Å². The third kappa shape index (κ3) is 14.7. The molecule has 0 fully saturated rings.